The van der Waals surface area contributed by atoms with Crippen molar-refractivity contribution < 1.29 is 9.53 Å². The Bertz CT molecular complexity index is 869. The van der Waals surface area contributed by atoms with E-state index in [1.807, 2.05) is 48.7 Å². The fourth-order valence-electron chi connectivity index (χ4n) is 3.38. The fraction of sp³-hybridized carbons (Fsp3) is 0.250. The van der Waals surface area contributed by atoms with Gasteiger partial charge in [0.15, 0.2) is 0 Å². The Hall–Kier alpha value is -2.75. The average Bonchev–Trinajstić information content (AvgIpc) is 3.03. The van der Waals surface area contributed by atoms with Gasteiger partial charge in [0.05, 0.1) is 13.0 Å². The first kappa shape index (κ1) is 14.8. The lowest BCUT2D eigenvalue weighted by Crippen LogP contribution is -2.31. The number of ether oxygens (including phenoxy) is 1. The quantitative estimate of drug-likeness (QED) is 0.774. The van der Waals surface area contributed by atoms with Gasteiger partial charge in [0.2, 0.25) is 5.91 Å². The first-order valence-electron chi connectivity index (χ1n) is 8.34. The molecule has 2 N–H and O–H groups in total. The van der Waals surface area contributed by atoms with Crippen LogP contribution in [-0.2, 0) is 11.2 Å². The van der Waals surface area contributed by atoms with Crippen LogP contribution in [-0.4, -0.2) is 24.0 Å². The normalized spacial score (nSPS) is 16.4. The number of aromatic amines is 1. The van der Waals surface area contributed by atoms with Crippen LogP contribution in [0.25, 0.3) is 10.9 Å². The maximum atomic E-state index is 12.4. The van der Waals surface area contributed by atoms with Crippen molar-refractivity contribution in [2.75, 3.05) is 13.2 Å². The van der Waals surface area contributed by atoms with E-state index < -0.39 is 0 Å². The Morgan fingerprint density at radius 2 is 2.00 bits per heavy atom. The fourth-order valence-corrected chi connectivity index (χ4v) is 3.38. The largest absolute Gasteiger partial charge is 0.493 e. The van der Waals surface area contributed by atoms with E-state index in [1.165, 1.54) is 5.56 Å². The summed E-state index contributed by atoms with van der Waals surface area (Å²) in [7, 11) is 0. The smallest absolute Gasteiger partial charge is 0.224 e. The van der Waals surface area contributed by atoms with Gasteiger partial charge in [0.1, 0.15) is 5.75 Å². The lowest BCUT2D eigenvalue weighted by Gasteiger charge is -2.26. The molecule has 1 atom stereocenters. The number of rotatable bonds is 4. The van der Waals surface area contributed by atoms with E-state index in [1.54, 1.807) is 0 Å². The maximum absolute atomic E-state index is 12.4. The first-order valence-corrected chi connectivity index (χ1v) is 8.34. The van der Waals surface area contributed by atoms with E-state index in [-0.39, 0.29) is 5.91 Å². The number of fused-ring (bicyclic) bond motifs is 2. The number of carbonyl (C=O) groups is 1. The summed E-state index contributed by atoms with van der Waals surface area (Å²) < 4.78 is 5.68. The number of nitrogens with one attached hydrogen (secondary N) is 2. The molecule has 1 aromatic heterocycles. The van der Waals surface area contributed by atoms with Crippen LogP contribution in [0.3, 0.4) is 0 Å². The van der Waals surface area contributed by atoms with E-state index in [9.17, 15) is 4.79 Å². The molecule has 0 fully saturated rings. The van der Waals surface area contributed by atoms with Crippen LogP contribution in [0.1, 0.15) is 23.5 Å². The summed E-state index contributed by atoms with van der Waals surface area (Å²) in [6.45, 7) is 1.36. The predicted molar refractivity (Wildman–Crippen MR) is 94.3 cm³/mol. The van der Waals surface area contributed by atoms with Crippen molar-refractivity contribution in [2.45, 2.75) is 18.8 Å². The highest BCUT2D eigenvalue weighted by atomic mass is 16.5. The molecule has 1 aliphatic heterocycles. The molecular formula is C20H20N2O2. The van der Waals surface area contributed by atoms with Crippen LogP contribution >= 0.6 is 0 Å². The van der Waals surface area contributed by atoms with Crippen molar-refractivity contribution >= 4 is 16.8 Å². The highest BCUT2D eigenvalue weighted by Gasteiger charge is 2.21. The van der Waals surface area contributed by atoms with Gasteiger partial charge in [0.25, 0.3) is 0 Å². The summed E-state index contributed by atoms with van der Waals surface area (Å²) >= 11 is 0. The summed E-state index contributed by atoms with van der Waals surface area (Å²) in [6, 6.07) is 16.1. The number of para-hydroxylation sites is 2. The van der Waals surface area contributed by atoms with Crippen LogP contribution in [0, 0.1) is 0 Å². The van der Waals surface area contributed by atoms with Crippen LogP contribution in [0.15, 0.2) is 54.7 Å². The van der Waals surface area contributed by atoms with Crippen molar-refractivity contribution in [2.24, 2.45) is 0 Å². The van der Waals surface area contributed by atoms with Crippen LogP contribution < -0.4 is 10.1 Å². The minimum Gasteiger partial charge on any atom is -0.493 e. The van der Waals surface area contributed by atoms with Crippen LogP contribution in [0.5, 0.6) is 5.75 Å². The summed E-state index contributed by atoms with van der Waals surface area (Å²) in [5, 5.41) is 4.20. The zero-order chi connectivity index (χ0) is 16.4. The van der Waals surface area contributed by atoms with Gasteiger partial charge >= 0.3 is 0 Å². The SMILES string of the molecule is O=C(Cc1c[nH]c2ccccc12)NCC1CCOc2ccccc21. The molecule has 2 heterocycles. The predicted octanol–water partition coefficient (Wildman–Crippen LogP) is 3.39. The van der Waals surface area contributed by atoms with Gasteiger partial charge in [0, 0.05) is 29.6 Å². The highest BCUT2D eigenvalue weighted by Crippen LogP contribution is 2.32. The number of hydrogen-bond acceptors (Lipinski definition) is 2. The number of carbonyl (C=O) groups excluding carboxylic acids is 1. The molecule has 1 aliphatic rings. The molecule has 2 aromatic carbocycles. The molecule has 122 valence electrons. The Morgan fingerprint density at radius 1 is 1.17 bits per heavy atom. The van der Waals surface area contributed by atoms with Gasteiger partial charge in [-0.2, -0.15) is 0 Å². The minimum absolute atomic E-state index is 0.0590. The number of hydrogen-bond donors (Lipinski definition) is 2. The Morgan fingerprint density at radius 3 is 2.96 bits per heavy atom. The third kappa shape index (κ3) is 2.87. The lowest BCUT2D eigenvalue weighted by atomic mass is 9.93. The average molecular weight is 320 g/mol. The summed E-state index contributed by atoms with van der Waals surface area (Å²) in [5.74, 6) is 1.32. The van der Waals surface area contributed by atoms with Crippen molar-refractivity contribution in [1.29, 1.82) is 0 Å². The van der Waals surface area contributed by atoms with E-state index in [2.05, 4.69) is 16.4 Å². The Balaban J connectivity index is 1.41. The summed E-state index contributed by atoms with van der Waals surface area (Å²) in [5.41, 5.74) is 3.30. The van der Waals surface area contributed by atoms with Gasteiger partial charge in [-0.05, 0) is 29.7 Å². The molecule has 0 saturated carbocycles. The third-order valence-electron chi connectivity index (χ3n) is 4.65. The van der Waals surface area contributed by atoms with Crippen molar-refractivity contribution in [1.82, 2.24) is 10.3 Å². The minimum atomic E-state index is 0.0590. The molecule has 3 aromatic rings. The second-order valence-corrected chi connectivity index (χ2v) is 6.21. The Kier molecular flexibility index (Phi) is 3.95. The number of benzene rings is 2. The monoisotopic (exact) mass is 320 g/mol. The standard InChI is InChI=1S/C20H20N2O2/c23-20(11-15-13-21-18-7-3-1-5-16(15)18)22-12-14-9-10-24-19-8-4-2-6-17(14)19/h1-8,13-14,21H,9-12H2,(H,22,23). The molecule has 0 aliphatic carbocycles. The zero-order valence-corrected chi connectivity index (χ0v) is 13.4. The molecule has 0 spiro atoms. The zero-order valence-electron chi connectivity index (χ0n) is 13.4. The molecule has 4 nitrogen and oxygen atoms in total. The second kappa shape index (κ2) is 6.40. The van der Waals surface area contributed by atoms with Gasteiger partial charge in [-0.25, -0.2) is 0 Å². The maximum Gasteiger partial charge on any atom is 0.224 e. The molecule has 0 saturated heterocycles. The number of H-pyrrole nitrogens is 1. The van der Waals surface area contributed by atoms with Crippen molar-refractivity contribution in [3.8, 4) is 5.75 Å². The van der Waals surface area contributed by atoms with Crippen molar-refractivity contribution in [3.05, 3.63) is 65.9 Å². The molecule has 4 heteroatoms. The molecule has 0 radical (unpaired) electrons. The van der Waals surface area contributed by atoms with E-state index in [0.29, 0.717) is 25.5 Å². The topological polar surface area (TPSA) is 54.1 Å². The van der Waals surface area contributed by atoms with Gasteiger partial charge in [-0.15, -0.1) is 0 Å². The van der Waals surface area contributed by atoms with Gasteiger partial charge in [-0.1, -0.05) is 36.4 Å². The Labute approximate surface area is 140 Å². The van der Waals surface area contributed by atoms with Crippen LogP contribution in [0.2, 0.25) is 0 Å². The van der Waals surface area contributed by atoms with E-state index in [4.69, 9.17) is 4.74 Å². The van der Waals surface area contributed by atoms with E-state index in [0.717, 1.165) is 28.6 Å². The number of aromatic nitrogens is 1. The molecular weight excluding hydrogens is 300 g/mol. The molecule has 1 unspecified atom stereocenters. The molecule has 4 rings (SSSR count). The molecule has 24 heavy (non-hydrogen) atoms. The summed E-state index contributed by atoms with van der Waals surface area (Å²) in [4.78, 5) is 15.6. The van der Waals surface area contributed by atoms with Gasteiger partial charge in [-0.3, -0.25) is 4.79 Å². The third-order valence-corrected chi connectivity index (χ3v) is 4.65. The highest BCUT2D eigenvalue weighted by molar-refractivity contribution is 5.88. The second-order valence-electron chi connectivity index (χ2n) is 6.21. The molecule has 0 bridgehead atoms. The lowest BCUT2D eigenvalue weighted by molar-refractivity contribution is -0.120. The van der Waals surface area contributed by atoms with Crippen LogP contribution in [0.4, 0.5) is 0 Å². The molecule has 1 amide bonds. The first-order chi connectivity index (χ1) is 11.8. The summed E-state index contributed by atoms with van der Waals surface area (Å²) in [6.07, 6.45) is 3.26. The van der Waals surface area contributed by atoms with Gasteiger partial charge < -0.3 is 15.0 Å². The van der Waals surface area contributed by atoms with Crippen molar-refractivity contribution in [3.63, 3.8) is 0 Å². The van der Waals surface area contributed by atoms with E-state index >= 15 is 0 Å². The number of amides is 1.